The normalized spacial score (nSPS) is 11.3. The van der Waals surface area contributed by atoms with Crippen molar-refractivity contribution in [3.63, 3.8) is 0 Å². The van der Waals surface area contributed by atoms with E-state index in [1.54, 1.807) is 0 Å². The minimum absolute atomic E-state index is 0. The molecule has 1 amide bonds. The molecule has 0 fully saturated rings. The monoisotopic (exact) mass is 214 g/mol. The zero-order chi connectivity index (χ0) is 9.68. The number of amides is 1. The van der Waals surface area contributed by atoms with Crippen LogP contribution in [-0.4, -0.2) is 12.1 Å². The molecule has 1 unspecified atom stereocenters. The summed E-state index contributed by atoms with van der Waals surface area (Å²) in [6, 6.07) is 9.84. The molecule has 1 atom stereocenters. The van der Waals surface area contributed by atoms with Gasteiger partial charge in [-0.3, -0.25) is 4.79 Å². The Balaban J connectivity index is 0.00000169. The zero-order valence-corrected chi connectivity index (χ0v) is 8.88. The van der Waals surface area contributed by atoms with E-state index in [0.29, 0.717) is 6.42 Å². The molecular formula is C10H15ClN2O. The Hall–Kier alpha value is -1.06. The molecule has 0 bridgehead atoms. The molecule has 0 aliphatic carbocycles. The van der Waals surface area contributed by atoms with Crippen LogP contribution in [0.5, 0.6) is 0 Å². The molecule has 3 N–H and O–H groups in total. The lowest BCUT2D eigenvalue weighted by atomic mass is 10.1. The van der Waals surface area contributed by atoms with Crippen LogP contribution >= 0.6 is 12.4 Å². The molecule has 1 aromatic rings. The van der Waals surface area contributed by atoms with Gasteiger partial charge in [-0.2, -0.15) is 0 Å². The number of benzene rings is 1. The fraction of sp³-hybridized carbons (Fsp3) is 0.300. The molecule has 0 aliphatic heterocycles. The first-order valence-electron chi connectivity index (χ1n) is 4.25. The third-order valence-corrected chi connectivity index (χ3v) is 1.69. The first-order chi connectivity index (χ1) is 6.18. The molecule has 0 saturated carbocycles. The standard InChI is InChI=1S/C10H14N2O.ClH/c1-8(13)12-10(11)7-9-5-3-2-4-6-9;/h2-6,10H,7,11H2,1H3,(H,12,13);1H. The molecule has 0 aromatic heterocycles. The summed E-state index contributed by atoms with van der Waals surface area (Å²) < 4.78 is 0. The van der Waals surface area contributed by atoms with Gasteiger partial charge in [-0.1, -0.05) is 30.3 Å². The number of rotatable bonds is 3. The predicted molar refractivity (Wildman–Crippen MR) is 59.2 cm³/mol. The molecule has 0 saturated heterocycles. The lowest BCUT2D eigenvalue weighted by molar-refractivity contribution is -0.119. The number of hydrogen-bond donors (Lipinski definition) is 2. The molecule has 14 heavy (non-hydrogen) atoms. The zero-order valence-electron chi connectivity index (χ0n) is 8.07. The molecule has 0 aliphatic rings. The summed E-state index contributed by atoms with van der Waals surface area (Å²) in [6.45, 7) is 1.46. The van der Waals surface area contributed by atoms with Crippen molar-refractivity contribution in [1.29, 1.82) is 0 Å². The van der Waals surface area contributed by atoms with Crippen molar-refractivity contribution in [3.8, 4) is 0 Å². The van der Waals surface area contributed by atoms with Gasteiger partial charge in [0.15, 0.2) is 0 Å². The highest BCUT2D eigenvalue weighted by Gasteiger charge is 2.03. The lowest BCUT2D eigenvalue weighted by Gasteiger charge is -2.11. The molecule has 0 spiro atoms. The van der Waals surface area contributed by atoms with Gasteiger partial charge in [0.05, 0.1) is 6.17 Å². The Labute approximate surface area is 90.1 Å². The van der Waals surface area contributed by atoms with Gasteiger partial charge < -0.3 is 11.1 Å². The van der Waals surface area contributed by atoms with E-state index in [-0.39, 0.29) is 24.5 Å². The number of carbonyl (C=O) groups excluding carboxylic acids is 1. The largest absolute Gasteiger partial charge is 0.341 e. The SMILES string of the molecule is CC(=O)NC(N)Cc1ccccc1.Cl. The summed E-state index contributed by atoms with van der Waals surface area (Å²) >= 11 is 0. The average Bonchev–Trinajstić information content (AvgIpc) is 2.04. The number of nitrogens with two attached hydrogens (primary N) is 1. The van der Waals surface area contributed by atoms with Gasteiger partial charge in [0.1, 0.15) is 0 Å². The number of carbonyl (C=O) groups is 1. The maximum absolute atomic E-state index is 10.7. The van der Waals surface area contributed by atoms with Gasteiger partial charge in [0.25, 0.3) is 0 Å². The Morgan fingerprint density at radius 3 is 2.50 bits per heavy atom. The van der Waals surface area contributed by atoms with Crippen LogP contribution in [0.1, 0.15) is 12.5 Å². The smallest absolute Gasteiger partial charge is 0.218 e. The molecule has 78 valence electrons. The quantitative estimate of drug-likeness (QED) is 0.740. The summed E-state index contributed by atoms with van der Waals surface area (Å²) in [4.78, 5) is 10.7. The van der Waals surface area contributed by atoms with Crippen LogP contribution < -0.4 is 11.1 Å². The maximum atomic E-state index is 10.7. The summed E-state index contributed by atoms with van der Waals surface area (Å²) in [5.41, 5.74) is 6.80. The first kappa shape index (κ1) is 12.9. The van der Waals surface area contributed by atoms with Gasteiger partial charge in [0, 0.05) is 13.3 Å². The van der Waals surface area contributed by atoms with Crippen molar-refractivity contribution in [3.05, 3.63) is 35.9 Å². The minimum atomic E-state index is -0.292. The van der Waals surface area contributed by atoms with E-state index in [0.717, 1.165) is 5.56 Å². The average molecular weight is 215 g/mol. The van der Waals surface area contributed by atoms with Crippen LogP contribution in [0.15, 0.2) is 30.3 Å². The summed E-state index contributed by atoms with van der Waals surface area (Å²) in [7, 11) is 0. The van der Waals surface area contributed by atoms with Crippen LogP contribution in [0.2, 0.25) is 0 Å². The topological polar surface area (TPSA) is 55.1 Å². The number of halogens is 1. The maximum Gasteiger partial charge on any atom is 0.218 e. The predicted octanol–water partition coefficient (Wildman–Crippen LogP) is 1.07. The van der Waals surface area contributed by atoms with Crippen LogP contribution in [0.3, 0.4) is 0 Å². The lowest BCUT2D eigenvalue weighted by Crippen LogP contribution is -2.41. The van der Waals surface area contributed by atoms with Gasteiger partial charge in [-0.15, -0.1) is 12.4 Å². The Morgan fingerprint density at radius 2 is 2.00 bits per heavy atom. The van der Waals surface area contributed by atoms with E-state index < -0.39 is 0 Å². The van der Waals surface area contributed by atoms with E-state index in [4.69, 9.17) is 5.73 Å². The fourth-order valence-corrected chi connectivity index (χ4v) is 1.18. The van der Waals surface area contributed by atoms with E-state index in [9.17, 15) is 4.79 Å². The molecule has 0 heterocycles. The van der Waals surface area contributed by atoms with E-state index in [1.165, 1.54) is 6.92 Å². The third kappa shape index (κ3) is 4.84. The van der Waals surface area contributed by atoms with Gasteiger partial charge in [0.2, 0.25) is 5.91 Å². The second kappa shape index (κ2) is 6.40. The second-order valence-corrected chi connectivity index (χ2v) is 3.00. The molecule has 3 nitrogen and oxygen atoms in total. The Bertz CT molecular complexity index is 277. The van der Waals surface area contributed by atoms with Crippen LogP contribution in [0, 0.1) is 0 Å². The van der Waals surface area contributed by atoms with Gasteiger partial charge in [-0.05, 0) is 5.56 Å². The number of nitrogens with one attached hydrogen (secondary N) is 1. The highest BCUT2D eigenvalue weighted by atomic mass is 35.5. The van der Waals surface area contributed by atoms with Crippen molar-refractivity contribution in [2.24, 2.45) is 5.73 Å². The highest BCUT2D eigenvalue weighted by molar-refractivity contribution is 5.85. The molecular weight excluding hydrogens is 200 g/mol. The third-order valence-electron chi connectivity index (χ3n) is 1.69. The van der Waals surface area contributed by atoms with Crippen LogP contribution in [0.4, 0.5) is 0 Å². The van der Waals surface area contributed by atoms with Crippen molar-refractivity contribution < 1.29 is 4.79 Å². The molecule has 1 aromatic carbocycles. The van der Waals surface area contributed by atoms with Crippen LogP contribution in [0.25, 0.3) is 0 Å². The first-order valence-corrected chi connectivity index (χ1v) is 4.25. The summed E-state index contributed by atoms with van der Waals surface area (Å²) in [5.74, 6) is -0.0940. The van der Waals surface area contributed by atoms with Crippen LogP contribution in [-0.2, 0) is 11.2 Å². The number of hydrogen-bond acceptors (Lipinski definition) is 2. The van der Waals surface area contributed by atoms with E-state index in [2.05, 4.69) is 5.32 Å². The Kier molecular flexibility index (Phi) is 5.92. The van der Waals surface area contributed by atoms with Crippen molar-refractivity contribution >= 4 is 18.3 Å². The Morgan fingerprint density at radius 1 is 1.43 bits per heavy atom. The van der Waals surface area contributed by atoms with Crippen molar-refractivity contribution in [2.75, 3.05) is 0 Å². The minimum Gasteiger partial charge on any atom is -0.341 e. The molecule has 4 heteroatoms. The molecule has 1 rings (SSSR count). The molecule has 0 radical (unpaired) electrons. The highest BCUT2D eigenvalue weighted by Crippen LogP contribution is 1.99. The van der Waals surface area contributed by atoms with Crippen molar-refractivity contribution in [2.45, 2.75) is 19.5 Å². The summed E-state index contributed by atoms with van der Waals surface area (Å²) in [5, 5.41) is 2.63. The van der Waals surface area contributed by atoms with Crippen molar-refractivity contribution in [1.82, 2.24) is 5.32 Å². The fourth-order valence-electron chi connectivity index (χ4n) is 1.18. The van der Waals surface area contributed by atoms with E-state index in [1.807, 2.05) is 30.3 Å². The summed E-state index contributed by atoms with van der Waals surface area (Å²) in [6.07, 6.45) is 0.375. The van der Waals surface area contributed by atoms with E-state index >= 15 is 0 Å². The van der Waals surface area contributed by atoms with Gasteiger partial charge in [-0.25, -0.2) is 0 Å². The van der Waals surface area contributed by atoms with Gasteiger partial charge >= 0.3 is 0 Å². The second-order valence-electron chi connectivity index (χ2n) is 3.00.